The smallest absolute Gasteiger partial charge is 0.164 e. The first-order valence-electron chi connectivity index (χ1n) is 18.8. The van der Waals surface area contributed by atoms with E-state index in [1.165, 1.54) is 32.9 Å². The van der Waals surface area contributed by atoms with E-state index in [0.29, 0.717) is 17.5 Å². The van der Waals surface area contributed by atoms with Crippen LogP contribution in [0.4, 0.5) is 0 Å². The first kappa shape index (κ1) is 31.9. The van der Waals surface area contributed by atoms with E-state index in [1.54, 1.807) is 0 Å². The molecule has 0 spiro atoms. The third-order valence-corrected chi connectivity index (χ3v) is 10.7. The number of aromatic nitrogens is 4. The Bertz CT molecular complexity index is 3160. The lowest BCUT2D eigenvalue weighted by Crippen LogP contribution is -2.00. The van der Waals surface area contributed by atoms with E-state index in [2.05, 4.69) is 132 Å². The maximum Gasteiger partial charge on any atom is 0.164 e. The average molecular weight is 717 g/mol. The van der Waals surface area contributed by atoms with Gasteiger partial charge in [-0.15, -0.1) is 0 Å². The SMILES string of the molecule is c1ccc(-c2ccc3c4ccccc4n(-c4ccc(-c5ccc6c(c5)oc5cc(-c7nc(-c8ccccc8)nc(-c8ccccc8)n7)ccc56)cc4)c3c2)cc1. The monoisotopic (exact) mass is 716 g/mol. The van der Waals surface area contributed by atoms with Crippen LogP contribution in [-0.2, 0) is 0 Å². The zero-order chi connectivity index (χ0) is 37.0. The molecule has 11 aromatic rings. The quantitative estimate of drug-likeness (QED) is 0.172. The Morgan fingerprint density at radius 3 is 1.36 bits per heavy atom. The second-order valence-electron chi connectivity index (χ2n) is 14.1. The number of rotatable bonds is 6. The molecule has 11 rings (SSSR count). The molecule has 56 heavy (non-hydrogen) atoms. The summed E-state index contributed by atoms with van der Waals surface area (Å²) in [6, 6.07) is 67.6. The minimum absolute atomic E-state index is 0.598. The third kappa shape index (κ3) is 5.45. The zero-order valence-corrected chi connectivity index (χ0v) is 30.2. The van der Waals surface area contributed by atoms with Crippen molar-refractivity contribution in [2.75, 3.05) is 0 Å². The van der Waals surface area contributed by atoms with E-state index in [-0.39, 0.29) is 0 Å². The highest BCUT2D eigenvalue weighted by Gasteiger charge is 2.16. The number of hydrogen-bond donors (Lipinski definition) is 0. The lowest BCUT2D eigenvalue weighted by molar-refractivity contribution is 0.669. The number of benzene rings is 8. The maximum absolute atomic E-state index is 6.56. The highest BCUT2D eigenvalue weighted by Crippen LogP contribution is 2.37. The molecule has 0 aliphatic heterocycles. The molecule has 0 N–H and O–H groups in total. The molecule has 5 nitrogen and oxygen atoms in total. The van der Waals surface area contributed by atoms with Crippen molar-refractivity contribution in [2.24, 2.45) is 0 Å². The summed E-state index contributed by atoms with van der Waals surface area (Å²) >= 11 is 0. The van der Waals surface area contributed by atoms with Crippen molar-refractivity contribution in [1.29, 1.82) is 0 Å². The van der Waals surface area contributed by atoms with Crippen molar-refractivity contribution in [1.82, 2.24) is 19.5 Å². The van der Waals surface area contributed by atoms with Gasteiger partial charge in [0.1, 0.15) is 11.2 Å². The molecule has 0 radical (unpaired) electrons. The fourth-order valence-corrected chi connectivity index (χ4v) is 7.90. The molecule has 5 heteroatoms. The van der Waals surface area contributed by atoms with Gasteiger partial charge in [0.15, 0.2) is 17.5 Å². The molecule has 0 amide bonds. The van der Waals surface area contributed by atoms with Crippen molar-refractivity contribution >= 4 is 43.7 Å². The van der Waals surface area contributed by atoms with E-state index < -0.39 is 0 Å². The molecule has 0 saturated carbocycles. The van der Waals surface area contributed by atoms with Crippen molar-refractivity contribution < 1.29 is 4.42 Å². The van der Waals surface area contributed by atoms with Gasteiger partial charge in [0.25, 0.3) is 0 Å². The molecule has 0 bridgehead atoms. The van der Waals surface area contributed by atoms with Gasteiger partial charge in [-0.1, -0.05) is 146 Å². The predicted molar refractivity (Wildman–Crippen MR) is 229 cm³/mol. The second-order valence-corrected chi connectivity index (χ2v) is 14.1. The van der Waals surface area contributed by atoms with Crippen LogP contribution in [0.3, 0.4) is 0 Å². The molecule has 0 unspecified atom stereocenters. The number of para-hydroxylation sites is 1. The zero-order valence-electron chi connectivity index (χ0n) is 30.2. The second kappa shape index (κ2) is 13.0. The van der Waals surface area contributed by atoms with Gasteiger partial charge in [0, 0.05) is 43.9 Å². The lowest BCUT2D eigenvalue weighted by Gasteiger charge is -2.10. The van der Waals surface area contributed by atoms with Crippen LogP contribution < -0.4 is 0 Å². The molecule has 0 saturated heterocycles. The fraction of sp³-hybridized carbons (Fsp3) is 0. The number of hydrogen-bond acceptors (Lipinski definition) is 4. The van der Waals surface area contributed by atoms with Crippen LogP contribution in [-0.4, -0.2) is 19.5 Å². The van der Waals surface area contributed by atoms with Crippen molar-refractivity contribution in [3.63, 3.8) is 0 Å². The summed E-state index contributed by atoms with van der Waals surface area (Å²) < 4.78 is 8.93. The molecule has 0 fully saturated rings. The summed E-state index contributed by atoms with van der Waals surface area (Å²) in [7, 11) is 0. The van der Waals surface area contributed by atoms with Crippen LogP contribution >= 0.6 is 0 Å². The van der Waals surface area contributed by atoms with Gasteiger partial charge in [0.05, 0.1) is 11.0 Å². The van der Waals surface area contributed by atoms with E-state index in [1.807, 2.05) is 66.7 Å². The van der Waals surface area contributed by atoms with Crippen LogP contribution in [0.15, 0.2) is 199 Å². The van der Waals surface area contributed by atoms with E-state index in [9.17, 15) is 0 Å². The number of fused-ring (bicyclic) bond motifs is 6. The number of nitrogens with zero attached hydrogens (tertiary/aromatic N) is 4. The molecule has 0 aliphatic rings. The predicted octanol–water partition coefficient (Wildman–Crippen LogP) is 13.2. The maximum atomic E-state index is 6.56. The van der Waals surface area contributed by atoms with Crippen LogP contribution in [0.25, 0.3) is 106 Å². The van der Waals surface area contributed by atoms with Crippen LogP contribution in [0.5, 0.6) is 0 Å². The molecule has 262 valence electrons. The van der Waals surface area contributed by atoms with Gasteiger partial charge in [-0.05, 0) is 70.8 Å². The highest BCUT2D eigenvalue weighted by molar-refractivity contribution is 6.10. The first-order chi connectivity index (χ1) is 27.7. The van der Waals surface area contributed by atoms with Gasteiger partial charge < -0.3 is 8.98 Å². The van der Waals surface area contributed by atoms with Gasteiger partial charge in [0.2, 0.25) is 0 Å². The molecular formula is C51H32N4O. The Balaban J connectivity index is 0.959. The van der Waals surface area contributed by atoms with Gasteiger partial charge in [-0.2, -0.15) is 0 Å². The Kier molecular flexibility index (Phi) is 7.42. The lowest BCUT2D eigenvalue weighted by atomic mass is 10.0. The fourth-order valence-electron chi connectivity index (χ4n) is 7.90. The Hall–Kier alpha value is -7.63. The first-order valence-corrected chi connectivity index (χ1v) is 18.8. The summed E-state index contributed by atoms with van der Waals surface area (Å²) in [5, 5.41) is 4.60. The standard InChI is InChI=1S/C51H32N4O/c1-4-12-33(13-5-1)37-22-27-42-41-18-10-11-19-45(41)55(46(42)30-37)40-25-20-34(21-26-40)38-23-28-43-44-29-24-39(32-48(44)56-47(43)31-38)51-53-49(35-14-6-2-7-15-35)52-50(54-51)36-16-8-3-9-17-36/h1-32H. The van der Waals surface area contributed by atoms with Gasteiger partial charge >= 0.3 is 0 Å². The minimum Gasteiger partial charge on any atom is -0.456 e. The third-order valence-electron chi connectivity index (χ3n) is 10.7. The van der Waals surface area contributed by atoms with Crippen molar-refractivity contribution in [3.05, 3.63) is 194 Å². The van der Waals surface area contributed by atoms with E-state index in [0.717, 1.165) is 55.4 Å². The van der Waals surface area contributed by atoms with Gasteiger partial charge in [-0.3, -0.25) is 0 Å². The molecule has 0 aliphatic carbocycles. The van der Waals surface area contributed by atoms with Crippen LogP contribution in [0, 0.1) is 0 Å². The average Bonchev–Trinajstić information content (AvgIpc) is 3.81. The van der Waals surface area contributed by atoms with Crippen molar-refractivity contribution in [2.45, 2.75) is 0 Å². The Labute approximate surface area is 322 Å². The number of furan rings is 1. The highest BCUT2D eigenvalue weighted by atomic mass is 16.3. The molecular weight excluding hydrogens is 685 g/mol. The largest absolute Gasteiger partial charge is 0.456 e. The Morgan fingerprint density at radius 1 is 0.304 bits per heavy atom. The molecule has 3 aromatic heterocycles. The summed E-state index contributed by atoms with van der Waals surface area (Å²) in [5.41, 5.74) is 12.5. The summed E-state index contributed by atoms with van der Waals surface area (Å²) in [5.74, 6) is 1.86. The molecule has 3 heterocycles. The molecule has 8 aromatic carbocycles. The van der Waals surface area contributed by atoms with Crippen molar-refractivity contribution in [3.8, 4) is 62.1 Å². The normalized spacial score (nSPS) is 11.6. The topological polar surface area (TPSA) is 56.7 Å². The van der Waals surface area contributed by atoms with E-state index >= 15 is 0 Å². The van der Waals surface area contributed by atoms with Gasteiger partial charge in [-0.25, -0.2) is 15.0 Å². The van der Waals surface area contributed by atoms with Crippen LogP contribution in [0.2, 0.25) is 0 Å². The van der Waals surface area contributed by atoms with E-state index in [4.69, 9.17) is 19.4 Å². The molecule has 0 atom stereocenters. The minimum atomic E-state index is 0.598. The summed E-state index contributed by atoms with van der Waals surface area (Å²) in [6.45, 7) is 0. The summed E-state index contributed by atoms with van der Waals surface area (Å²) in [4.78, 5) is 14.7. The summed E-state index contributed by atoms with van der Waals surface area (Å²) in [6.07, 6.45) is 0. The Morgan fingerprint density at radius 2 is 0.732 bits per heavy atom. The van der Waals surface area contributed by atoms with Crippen LogP contribution in [0.1, 0.15) is 0 Å².